The first-order valence-corrected chi connectivity index (χ1v) is 9.47. The Morgan fingerprint density at radius 2 is 1.96 bits per heavy atom. The van der Waals surface area contributed by atoms with Crippen LogP contribution in [0.5, 0.6) is 0 Å². The number of para-hydroxylation sites is 1. The average molecular weight is 392 g/mol. The van der Waals surface area contributed by atoms with Crippen LogP contribution < -0.4 is 10.9 Å². The van der Waals surface area contributed by atoms with Crippen molar-refractivity contribution in [2.45, 2.75) is 12.1 Å². The van der Waals surface area contributed by atoms with Crippen LogP contribution in [-0.2, 0) is 4.79 Å². The first-order chi connectivity index (χ1) is 13.6. The number of aryl methyl sites for hydroxylation is 1. The van der Waals surface area contributed by atoms with Crippen molar-refractivity contribution < 1.29 is 4.79 Å². The molecule has 2 heterocycles. The molecule has 4 aromatic rings. The lowest BCUT2D eigenvalue weighted by molar-refractivity contribution is -0.113. The second-order valence-electron chi connectivity index (χ2n) is 6.06. The number of aromatic amines is 1. The number of benzene rings is 2. The maximum absolute atomic E-state index is 12.9. The number of aromatic nitrogens is 5. The molecule has 9 heteroatoms. The summed E-state index contributed by atoms with van der Waals surface area (Å²) in [7, 11) is 0. The second-order valence-corrected chi connectivity index (χ2v) is 7.01. The lowest BCUT2D eigenvalue weighted by Crippen LogP contribution is -2.23. The van der Waals surface area contributed by atoms with Gasteiger partial charge in [-0.25, -0.2) is 14.6 Å². The van der Waals surface area contributed by atoms with Gasteiger partial charge in [0.2, 0.25) is 11.9 Å². The highest BCUT2D eigenvalue weighted by atomic mass is 32.2. The van der Waals surface area contributed by atoms with Gasteiger partial charge < -0.3 is 5.32 Å². The third-order valence-corrected chi connectivity index (χ3v) is 4.97. The molecule has 0 aliphatic rings. The van der Waals surface area contributed by atoms with Gasteiger partial charge in [-0.05, 0) is 31.2 Å². The molecule has 0 saturated carbocycles. The number of fused-ring (bicyclic) bond motifs is 1. The minimum Gasteiger partial charge on any atom is -0.325 e. The zero-order chi connectivity index (χ0) is 19.5. The Hall–Kier alpha value is -3.46. The summed E-state index contributed by atoms with van der Waals surface area (Å²) in [5, 5.41) is 10.1. The van der Waals surface area contributed by atoms with Crippen LogP contribution in [0.1, 0.15) is 5.56 Å². The van der Waals surface area contributed by atoms with Gasteiger partial charge >= 0.3 is 0 Å². The molecule has 0 unspecified atom stereocenters. The molecule has 4 rings (SSSR count). The van der Waals surface area contributed by atoms with Gasteiger partial charge in [-0.1, -0.05) is 41.6 Å². The van der Waals surface area contributed by atoms with Crippen molar-refractivity contribution in [3.05, 3.63) is 70.8 Å². The van der Waals surface area contributed by atoms with Gasteiger partial charge in [0.05, 0.1) is 16.7 Å². The van der Waals surface area contributed by atoms with Crippen LogP contribution in [0.15, 0.2) is 64.8 Å². The van der Waals surface area contributed by atoms with Crippen LogP contribution in [0.25, 0.3) is 16.9 Å². The number of H-pyrrole nitrogens is 1. The zero-order valence-corrected chi connectivity index (χ0v) is 15.7. The Kier molecular flexibility index (Phi) is 4.90. The highest BCUT2D eigenvalue weighted by Crippen LogP contribution is 2.20. The summed E-state index contributed by atoms with van der Waals surface area (Å²) in [6.07, 6.45) is 1.31. The number of nitrogens with one attached hydrogen (secondary N) is 2. The molecule has 2 N–H and O–H groups in total. The molecule has 0 aliphatic carbocycles. The van der Waals surface area contributed by atoms with Crippen molar-refractivity contribution in [1.29, 1.82) is 0 Å². The van der Waals surface area contributed by atoms with E-state index >= 15 is 0 Å². The van der Waals surface area contributed by atoms with Crippen LogP contribution in [0.2, 0.25) is 0 Å². The van der Waals surface area contributed by atoms with Gasteiger partial charge in [-0.3, -0.25) is 9.59 Å². The molecule has 0 saturated heterocycles. The molecule has 8 nitrogen and oxygen atoms in total. The van der Waals surface area contributed by atoms with Gasteiger partial charge in [0, 0.05) is 5.69 Å². The van der Waals surface area contributed by atoms with Crippen LogP contribution in [0.3, 0.4) is 0 Å². The van der Waals surface area contributed by atoms with Crippen molar-refractivity contribution in [2.24, 2.45) is 0 Å². The summed E-state index contributed by atoms with van der Waals surface area (Å²) in [4.78, 5) is 33.9. The van der Waals surface area contributed by atoms with Crippen LogP contribution in [-0.4, -0.2) is 36.4 Å². The molecule has 28 heavy (non-hydrogen) atoms. The fourth-order valence-electron chi connectivity index (χ4n) is 2.67. The number of thioether (sulfide) groups is 1. The third-order valence-electron chi connectivity index (χ3n) is 4.03. The molecule has 0 aliphatic heterocycles. The van der Waals surface area contributed by atoms with Gasteiger partial charge in [-0.15, -0.1) is 0 Å². The highest BCUT2D eigenvalue weighted by Gasteiger charge is 2.16. The van der Waals surface area contributed by atoms with Gasteiger partial charge in [0.15, 0.2) is 5.16 Å². The van der Waals surface area contributed by atoms with Crippen LogP contribution >= 0.6 is 11.8 Å². The Morgan fingerprint density at radius 3 is 2.71 bits per heavy atom. The molecule has 2 aromatic carbocycles. The van der Waals surface area contributed by atoms with Gasteiger partial charge in [0.25, 0.3) is 5.56 Å². The predicted octanol–water partition coefficient (Wildman–Crippen LogP) is 2.54. The highest BCUT2D eigenvalue weighted by molar-refractivity contribution is 7.99. The average Bonchev–Trinajstić information content (AvgIpc) is 3.22. The number of rotatable bonds is 5. The monoisotopic (exact) mass is 392 g/mol. The number of carbonyl (C=O) groups excluding carboxylic acids is 1. The normalized spacial score (nSPS) is 10.9. The number of nitrogens with zero attached hydrogens (tertiary/aromatic N) is 4. The van der Waals surface area contributed by atoms with Crippen molar-refractivity contribution >= 4 is 34.3 Å². The van der Waals surface area contributed by atoms with E-state index in [-0.39, 0.29) is 23.2 Å². The minimum atomic E-state index is -0.274. The van der Waals surface area contributed by atoms with E-state index in [1.165, 1.54) is 10.9 Å². The Balaban J connectivity index is 1.62. The number of anilines is 1. The SMILES string of the molecule is Cc1ccc(NC(=O)CSc2nc3ccccc3c(=O)n2-c2ncn[nH]2)cc1. The molecule has 2 aromatic heterocycles. The Morgan fingerprint density at radius 1 is 1.18 bits per heavy atom. The van der Waals surface area contributed by atoms with Crippen molar-refractivity contribution in [1.82, 2.24) is 24.7 Å². The molecule has 0 radical (unpaired) electrons. The van der Waals surface area contributed by atoms with Crippen LogP contribution in [0, 0.1) is 6.92 Å². The summed E-state index contributed by atoms with van der Waals surface area (Å²) >= 11 is 1.16. The molecule has 1 amide bonds. The first kappa shape index (κ1) is 17.9. The summed E-state index contributed by atoms with van der Waals surface area (Å²) in [5.41, 5.74) is 2.12. The second kappa shape index (κ2) is 7.65. The molecular weight excluding hydrogens is 376 g/mol. The van der Waals surface area contributed by atoms with E-state index in [2.05, 4.69) is 25.5 Å². The lowest BCUT2D eigenvalue weighted by Gasteiger charge is -2.10. The first-order valence-electron chi connectivity index (χ1n) is 8.48. The molecule has 0 spiro atoms. The number of hydrogen-bond donors (Lipinski definition) is 2. The van der Waals surface area contributed by atoms with E-state index < -0.39 is 0 Å². The van der Waals surface area contributed by atoms with Crippen LogP contribution in [0.4, 0.5) is 5.69 Å². The predicted molar refractivity (Wildman–Crippen MR) is 108 cm³/mol. The fraction of sp³-hybridized carbons (Fsp3) is 0.105. The third kappa shape index (κ3) is 3.65. The number of amides is 1. The van der Waals surface area contributed by atoms with Crippen molar-refractivity contribution in [2.75, 3.05) is 11.1 Å². The maximum atomic E-state index is 12.9. The molecule has 140 valence electrons. The summed E-state index contributed by atoms with van der Waals surface area (Å²) in [5.74, 6) is 0.150. The number of carbonyl (C=O) groups is 1. The smallest absolute Gasteiger partial charge is 0.269 e. The van der Waals surface area contributed by atoms with Gasteiger partial charge in [0.1, 0.15) is 6.33 Å². The molecule has 0 fully saturated rings. The van der Waals surface area contributed by atoms with E-state index in [0.717, 1.165) is 23.0 Å². The van der Waals surface area contributed by atoms with E-state index in [0.29, 0.717) is 16.1 Å². The topological polar surface area (TPSA) is 106 Å². The molecule has 0 bridgehead atoms. The van der Waals surface area contributed by atoms with Crippen molar-refractivity contribution in [3.8, 4) is 5.95 Å². The summed E-state index contributed by atoms with van der Waals surface area (Å²) in [6.45, 7) is 1.98. The van der Waals surface area contributed by atoms with Crippen molar-refractivity contribution in [3.63, 3.8) is 0 Å². The van der Waals surface area contributed by atoms with E-state index in [1.54, 1.807) is 18.2 Å². The minimum absolute atomic E-state index is 0.0901. The largest absolute Gasteiger partial charge is 0.325 e. The zero-order valence-electron chi connectivity index (χ0n) is 14.9. The quantitative estimate of drug-likeness (QED) is 0.399. The Bertz CT molecular complexity index is 1190. The number of hydrogen-bond acceptors (Lipinski definition) is 6. The standard InChI is InChI=1S/C19H16N6O2S/c1-12-6-8-13(9-7-12)22-16(26)10-28-19-23-15-5-3-2-4-14(15)17(27)25(19)18-20-11-21-24-18/h2-9,11H,10H2,1H3,(H,22,26)(H,20,21,24). The van der Waals surface area contributed by atoms with E-state index in [1.807, 2.05) is 37.3 Å². The lowest BCUT2D eigenvalue weighted by atomic mass is 10.2. The van der Waals surface area contributed by atoms with Gasteiger partial charge in [-0.2, -0.15) is 10.1 Å². The molecular formula is C19H16N6O2S. The summed E-state index contributed by atoms with van der Waals surface area (Å²) < 4.78 is 1.33. The Labute approximate surface area is 164 Å². The maximum Gasteiger partial charge on any atom is 0.269 e. The fourth-order valence-corrected chi connectivity index (χ4v) is 3.46. The summed E-state index contributed by atoms with van der Waals surface area (Å²) in [6, 6.07) is 14.6. The van der Waals surface area contributed by atoms with E-state index in [4.69, 9.17) is 0 Å². The molecule has 0 atom stereocenters. The van der Waals surface area contributed by atoms with E-state index in [9.17, 15) is 9.59 Å².